The minimum atomic E-state index is -0.692. The number of carbonyl (C=O) groups is 2. The molecule has 3 aromatic rings. The highest BCUT2D eigenvalue weighted by Gasteiger charge is 2.38. The Balaban J connectivity index is 1.51. The molecule has 0 aromatic heterocycles. The zero-order valence-corrected chi connectivity index (χ0v) is 17.4. The zero-order valence-electron chi connectivity index (χ0n) is 17.4. The Morgan fingerprint density at radius 1 is 0.906 bits per heavy atom. The molecular weight excluding hydrogens is 404 g/mol. The molecule has 4 rings (SSSR count). The third kappa shape index (κ3) is 4.28. The smallest absolute Gasteiger partial charge is 0.337 e. The Labute approximate surface area is 185 Å². The number of benzene rings is 3. The van der Waals surface area contributed by atoms with Crippen LogP contribution in [0.15, 0.2) is 102 Å². The normalized spacial score (nSPS) is 14.5. The summed E-state index contributed by atoms with van der Waals surface area (Å²) in [4.78, 5) is 24.2. The summed E-state index contributed by atoms with van der Waals surface area (Å²) in [5.74, 6) is -0.789. The predicted octanol–water partition coefficient (Wildman–Crippen LogP) is 2.86. The lowest BCUT2D eigenvalue weighted by Gasteiger charge is -2.28. The van der Waals surface area contributed by atoms with E-state index in [9.17, 15) is 9.59 Å². The van der Waals surface area contributed by atoms with Crippen molar-refractivity contribution in [2.45, 2.75) is 5.54 Å². The number of esters is 1. The molecule has 0 aliphatic carbocycles. The monoisotopic (exact) mass is 426 g/mol. The summed E-state index contributed by atoms with van der Waals surface area (Å²) in [5.41, 5.74) is 11.6. The van der Waals surface area contributed by atoms with E-state index >= 15 is 0 Å². The molecule has 0 bridgehead atoms. The van der Waals surface area contributed by atoms with Gasteiger partial charge >= 0.3 is 5.97 Å². The van der Waals surface area contributed by atoms with Crippen molar-refractivity contribution < 1.29 is 14.3 Å². The van der Waals surface area contributed by atoms with Gasteiger partial charge in [-0.15, -0.1) is 0 Å². The first-order valence-electron chi connectivity index (χ1n) is 10.0. The molecule has 1 aliphatic rings. The number of hydrogen-bond acceptors (Lipinski definition) is 6. The topological polar surface area (TPSA) is 91.8 Å². The van der Waals surface area contributed by atoms with Crippen molar-refractivity contribution in [3.63, 3.8) is 0 Å². The van der Waals surface area contributed by atoms with Crippen LogP contribution in [0.5, 0.6) is 0 Å². The Hall–Kier alpha value is -4.23. The summed E-state index contributed by atoms with van der Waals surface area (Å²) < 4.78 is 4.68. The lowest BCUT2D eigenvalue weighted by molar-refractivity contribution is -0.117. The number of amides is 1. The van der Waals surface area contributed by atoms with Gasteiger partial charge in [0.15, 0.2) is 0 Å². The summed E-state index contributed by atoms with van der Waals surface area (Å²) >= 11 is 0. The van der Waals surface area contributed by atoms with E-state index in [1.165, 1.54) is 13.3 Å². The van der Waals surface area contributed by atoms with Crippen molar-refractivity contribution in [3.05, 3.63) is 119 Å². The van der Waals surface area contributed by atoms with E-state index in [0.29, 0.717) is 11.3 Å². The highest BCUT2D eigenvalue weighted by Crippen LogP contribution is 2.34. The number of hydrazine groups is 1. The maximum absolute atomic E-state index is 12.7. The maximum Gasteiger partial charge on any atom is 0.337 e. The van der Waals surface area contributed by atoms with Crippen molar-refractivity contribution in [1.29, 1.82) is 0 Å². The fourth-order valence-electron chi connectivity index (χ4n) is 3.51. The van der Waals surface area contributed by atoms with E-state index < -0.39 is 11.5 Å². The van der Waals surface area contributed by atoms with Crippen LogP contribution in [0.4, 0.5) is 0 Å². The van der Waals surface area contributed by atoms with Gasteiger partial charge in [0.1, 0.15) is 11.2 Å². The number of carbonyl (C=O) groups excluding carboxylic acids is 2. The number of nitrogens with zero attached hydrogens (tertiary/aromatic N) is 1. The van der Waals surface area contributed by atoms with Gasteiger partial charge in [-0.05, 0) is 34.9 Å². The fraction of sp³-hybridized carbons (Fsp3) is 0.0800. The van der Waals surface area contributed by atoms with Crippen molar-refractivity contribution in [3.8, 4) is 0 Å². The molecule has 3 N–H and O–H groups in total. The molecule has 0 fully saturated rings. The second-order valence-corrected chi connectivity index (χ2v) is 7.16. The molecule has 1 amide bonds. The first-order chi connectivity index (χ1) is 15.6. The quantitative estimate of drug-likeness (QED) is 0.320. The lowest BCUT2D eigenvalue weighted by Crippen LogP contribution is -2.44. The summed E-state index contributed by atoms with van der Waals surface area (Å²) in [6, 6.07) is 26.5. The van der Waals surface area contributed by atoms with Crippen LogP contribution in [0.25, 0.3) is 0 Å². The third-order valence-electron chi connectivity index (χ3n) is 5.17. The van der Waals surface area contributed by atoms with Crippen LogP contribution in [-0.2, 0) is 15.1 Å². The second kappa shape index (κ2) is 9.28. The van der Waals surface area contributed by atoms with Gasteiger partial charge in [0, 0.05) is 0 Å². The van der Waals surface area contributed by atoms with Gasteiger partial charge in [0.05, 0.1) is 18.9 Å². The van der Waals surface area contributed by atoms with Crippen LogP contribution in [-0.4, -0.2) is 25.2 Å². The summed E-state index contributed by atoms with van der Waals surface area (Å²) in [6.07, 6.45) is 3.36. The SMILES string of the molecule is COC(=O)c1ccc(C=NNC(=O)C2=CC(c3ccccc3)(c3ccccc3)NN2)cc1. The van der Waals surface area contributed by atoms with Crippen LogP contribution in [0, 0.1) is 0 Å². The third-order valence-corrected chi connectivity index (χ3v) is 5.17. The number of nitrogens with one attached hydrogen (secondary N) is 3. The van der Waals surface area contributed by atoms with E-state index in [2.05, 4.69) is 26.1 Å². The average molecular weight is 426 g/mol. The molecule has 0 atom stereocenters. The second-order valence-electron chi connectivity index (χ2n) is 7.16. The van der Waals surface area contributed by atoms with E-state index in [1.54, 1.807) is 24.3 Å². The molecule has 160 valence electrons. The standard InChI is InChI=1S/C25H22N4O3/c1-32-24(31)19-14-12-18(13-15-19)17-26-28-23(30)22-16-25(29-27-22,20-8-4-2-5-9-20)21-10-6-3-7-11-21/h2-17,27,29H,1H3,(H,28,30). The molecular formula is C25H22N4O3. The first-order valence-corrected chi connectivity index (χ1v) is 10.0. The number of methoxy groups -OCH3 is 1. The Morgan fingerprint density at radius 3 is 2.06 bits per heavy atom. The minimum absolute atomic E-state index is 0.357. The largest absolute Gasteiger partial charge is 0.465 e. The van der Waals surface area contributed by atoms with Crippen LogP contribution >= 0.6 is 0 Å². The van der Waals surface area contributed by atoms with Gasteiger partial charge in [-0.3, -0.25) is 4.79 Å². The van der Waals surface area contributed by atoms with Gasteiger partial charge in [0.2, 0.25) is 0 Å². The summed E-state index contributed by atoms with van der Waals surface area (Å²) in [5, 5.41) is 4.02. The van der Waals surface area contributed by atoms with Crippen molar-refractivity contribution in [2.75, 3.05) is 7.11 Å². The number of hydrogen-bond donors (Lipinski definition) is 3. The zero-order chi connectivity index (χ0) is 22.4. The molecule has 32 heavy (non-hydrogen) atoms. The van der Waals surface area contributed by atoms with Crippen LogP contribution in [0.1, 0.15) is 27.0 Å². The van der Waals surface area contributed by atoms with Crippen molar-refractivity contribution >= 4 is 18.1 Å². The average Bonchev–Trinajstić information content (AvgIpc) is 3.32. The first kappa shape index (κ1) is 21.0. The molecule has 3 aromatic carbocycles. The van der Waals surface area contributed by atoms with Gasteiger partial charge < -0.3 is 10.2 Å². The highest BCUT2D eigenvalue weighted by molar-refractivity contribution is 5.95. The minimum Gasteiger partial charge on any atom is -0.465 e. The fourth-order valence-corrected chi connectivity index (χ4v) is 3.51. The molecule has 1 heterocycles. The van der Waals surface area contributed by atoms with E-state index in [0.717, 1.165) is 16.7 Å². The van der Waals surface area contributed by atoms with Crippen molar-refractivity contribution in [2.24, 2.45) is 5.10 Å². The van der Waals surface area contributed by atoms with Gasteiger partial charge in [-0.2, -0.15) is 5.10 Å². The maximum atomic E-state index is 12.7. The summed E-state index contributed by atoms with van der Waals surface area (Å²) in [7, 11) is 1.33. The van der Waals surface area contributed by atoms with Gasteiger partial charge in [-0.25, -0.2) is 15.6 Å². The highest BCUT2D eigenvalue weighted by atomic mass is 16.5. The van der Waals surface area contributed by atoms with Crippen LogP contribution < -0.4 is 16.3 Å². The van der Waals surface area contributed by atoms with Gasteiger partial charge in [0.25, 0.3) is 5.91 Å². The number of hydrazone groups is 1. The molecule has 0 spiro atoms. The molecule has 1 aliphatic heterocycles. The molecule has 0 saturated heterocycles. The summed E-state index contributed by atoms with van der Waals surface area (Å²) in [6.45, 7) is 0. The van der Waals surface area contributed by atoms with E-state index in [-0.39, 0.29) is 5.91 Å². The Morgan fingerprint density at radius 2 is 1.50 bits per heavy atom. The molecule has 7 nitrogen and oxygen atoms in total. The molecule has 0 radical (unpaired) electrons. The van der Waals surface area contributed by atoms with Crippen LogP contribution in [0.2, 0.25) is 0 Å². The van der Waals surface area contributed by atoms with Crippen molar-refractivity contribution in [1.82, 2.24) is 16.3 Å². The Kier molecular flexibility index (Phi) is 6.10. The Bertz CT molecular complexity index is 1120. The molecule has 7 heteroatoms. The number of ether oxygens (including phenoxy) is 1. The van der Waals surface area contributed by atoms with Gasteiger partial charge in [-0.1, -0.05) is 72.8 Å². The van der Waals surface area contributed by atoms with E-state index in [1.807, 2.05) is 66.7 Å². The lowest BCUT2D eigenvalue weighted by atomic mass is 9.83. The molecule has 0 unspecified atom stereocenters. The number of rotatable bonds is 6. The van der Waals surface area contributed by atoms with E-state index in [4.69, 9.17) is 0 Å². The molecule has 0 saturated carbocycles. The van der Waals surface area contributed by atoms with Crippen LogP contribution in [0.3, 0.4) is 0 Å². The predicted molar refractivity (Wildman–Crippen MR) is 122 cm³/mol.